The zero-order chi connectivity index (χ0) is 20.3. The molecule has 3 amide bonds. The van der Waals surface area contributed by atoms with Gasteiger partial charge in [0.25, 0.3) is 5.91 Å². The quantitative estimate of drug-likeness (QED) is 0.471. The molecule has 1 aliphatic heterocycles. The number of nitrogens with zero attached hydrogens (tertiary/aromatic N) is 1. The Kier molecular flexibility index (Phi) is 7.59. The first-order valence-electron chi connectivity index (χ1n) is 9.45. The van der Waals surface area contributed by atoms with E-state index in [4.69, 9.17) is 9.47 Å². The minimum atomic E-state index is -0.429. The SMILES string of the molecule is O=C(COc1ccc(/C=N\NC(=O)Nc2ccccc2)cc1)NC[C@H]1CCCO1. The molecule has 3 rings (SSSR count). The highest BCUT2D eigenvalue weighted by molar-refractivity contribution is 5.90. The molecule has 0 bridgehead atoms. The number of anilines is 1. The first-order chi connectivity index (χ1) is 14.2. The van der Waals surface area contributed by atoms with Gasteiger partial charge in [-0.2, -0.15) is 5.10 Å². The van der Waals surface area contributed by atoms with Crippen molar-refractivity contribution in [3.8, 4) is 5.75 Å². The fraction of sp³-hybridized carbons (Fsp3) is 0.286. The third-order valence-corrected chi connectivity index (χ3v) is 4.21. The van der Waals surface area contributed by atoms with Gasteiger partial charge in [-0.15, -0.1) is 0 Å². The van der Waals surface area contributed by atoms with Gasteiger partial charge in [0, 0.05) is 18.8 Å². The highest BCUT2D eigenvalue weighted by Crippen LogP contribution is 2.12. The van der Waals surface area contributed by atoms with Crippen LogP contribution in [0.4, 0.5) is 10.5 Å². The van der Waals surface area contributed by atoms with Crippen LogP contribution in [0.1, 0.15) is 18.4 Å². The molecule has 1 aliphatic rings. The fourth-order valence-electron chi connectivity index (χ4n) is 2.73. The molecule has 2 aromatic carbocycles. The predicted octanol–water partition coefficient (Wildman–Crippen LogP) is 2.52. The minimum absolute atomic E-state index is 0.0542. The zero-order valence-corrected chi connectivity index (χ0v) is 16.0. The average Bonchev–Trinajstić information content (AvgIpc) is 3.26. The van der Waals surface area contributed by atoms with Crippen LogP contribution in [0.3, 0.4) is 0 Å². The zero-order valence-electron chi connectivity index (χ0n) is 16.0. The van der Waals surface area contributed by atoms with E-state index in [1.165, 1.54) is 6.21 Å². The Morgan fingerprint density at radius 2 is 1.93 bits per heavy atom. The maximum Gasteiger partial charge on any atom is 0.339 e. The molecular weight excluding hydrogens is 372 g/mol. The molecule has 1 fully saturated rings. The second-order valence-corrected chi connectivity index (χ2v) is 6.49. The summed E-state index contributed by atoms with van der Waals surface area (Å²) in [5, 5.41) is 9.37. The molecule has 2 aromatic rings. The van der Waals surface area contributed by atoms with Crippen LogP contribution >= 0.6 is 0 Å². The van der Waals surface area contributed by atoms with Gasteiger partial charge in [0.05, 0.1) is 12.3 Å². The normalized spacial score (nSPS) is 15.8. The molecule has 1 saturated heterocycles. The van der Waals surface area contributed by atoms with E-state index in [0.29, 0.717) is 18.0 Å². The number of hydrazone groups is 1. The van der Waals surface area contributed by atoms with E-state index in [1.807, 2.05) is 18.2 Å². The van der Waals surface area contributed by atoms with E-state index in [-0.39, 0.29) is 18.6 Å². The van der Waals surface area contributed by atoms with Gasteiger partial charge in [-0.05, 0) is 54.8 Å². The number of urea groups is 1. The van der Waals surface area contributed by atoms with Crippen LogP contribution in [0, 0.1) is 0 Å². The molecule has 0 aliphatic carbocycles. The van der Waals surface area contributed by atoms with Gasteiger partial charge < -0.3 is 20.1 Å². The highest BCUT2D eigenvalue weighted by atomic mass is 16.5. The summed E-state index contributed by atoms with van der Waals surface area (Å²) in [7, 11) is 0. The van der Waals surface area contributed by atoms with Gasteiger partial charge in [-0.25, -0.2) is 10.2 Å². The molecule has 3 N–H and O–H groups in total. The summed E-state index contributed by atoms with van der Waals surface area (Å²) in [6.07, 6.45) is 3.65. The number of benzene rings is 2. The third-order valence-electron chi connectivity index (χ3n) is 4.21. The van der Waals surface area contributed by atoms with Crippen LogP contribution in [0.5, 0.6) is 5.75 Å². The first kappa shape index (κ1) is 20.3. The molecule has 0 spiro atoms. The van der Waals surface area contributed by atoms with Crippen molar-refractivity contribution in [3.05, 3.63) is 60.2 Å². The third kappa shape index (κ3) is 7.27. The Morgan fingerprint density at radius 3 is 2.66 bits per heavy atom. The lowest BCUT2D eigenvalue weighted by atomic mass is 10.2. The molecule has 0 saturated carbocycles. The van der Waals surface area contributed by atoms with Crippen molar-refractivity contribution in [2.45, 2.75) is 18.9 Å². The van der Waals surface area contributed by atoms with E-state index in [0.717, 1.165) is 25.0 Å². The summed E-state index contributed by atoms with van der Waals surface area (Å²) >= 11 is 0. The lowest BCUT2D eigenvalue weighted by Gasteiger charge is -2.11. The molecule has 29 heavy (non-hydrogen) atoms. The number of hydrogen-bond donors (Lipinski definition) is 3. The molecule has 0 unspecified atom stereocenters. The van der Waals surface area contributed by atoms with E-state index < -0.39 is 6.03 Å². The molecule has 1 heterocycles. The maximum absolute atomic E-state index is 11.8. The van der Waals surface area contributed by atoms with Gasteiger partial charge in [-0.1, -0.05) is 18.2 Å². The van der Waals surface area contributed by atoms with E-state index in [9.17, 15) is 9.59 Å². The van der Waals surface area contributed by atoms with Crippen LogP contribution in [-0.4, -0.2) is 44.0 Å². The Hall–Kier alpha value is -3.39. The number of ether oxygens (including phenoxy) is 2. The summed E-state index contributed by atoms with van der Waals surface area (Å²) in [6.45, 7) is 1.23. The van der Waals surface area contributed by atoms with Gasteiger partial charge in [0.1, 0.15) is 5.75 Å². The van der Waals surface area contributed by atoms with Crippen molar-refractivity contribution >= 4 is 23.8 Å². The molecule has 152 valence electrons. The second kappa shape index (κ2) is 10.8. The number of hydrogen-bond acceptors (Lipinski definition) is 5. The Morgan fingerprint density at radius 1 is 1.14 bits per heavy atom. The molecule has 1 atom stereocenters. The number of rotatable bonds is 8. The standard InChI is InChI=1S/C21H24N4O4/c26-20(22-14-19-7-4-12-28-19)15-29-18-10-8-16(9-11-18)13-23-25-21(27)24-17-5-2-1-3-6-17/h1-3,5-6,8-11,13,19H,4,7,12,14-15H2,(H,22,26)(H2,24,25,27)/b23-13-/t19-/m1/s1. The van der Waals surface area contributed by atoms with Crippen molar-refractivity contribution in [1.29, 1.82) is 0 Å². The monoisotopic (exact) mass is 396 g/mol. The van der Waals surface area contributed by atoms with Gasteiger partial charge >= 0.3 is 6.03 Å². The van der Waals surface area contributed by atoms with Crippen LogP contribution in [-0.2, 0) is 9.53 Å². The van der Waals surface area contributed by atoms with Crippen molar-refractivity contribution in [2.24, 2.45) is 5.10 Å². The van der Waals surface area contributed by atoms with Crippen LogP contribution in [0.2, 0.25) is 0 Å². The highest BCUT2D eigenvalue weighted by Gasteiger charge is 2.16. The maximum atomic E-state index is 11.8. The van der Waals surface area contributed by atoms with Crippen molar-refractivity contribution < 1.29 is 19.1 Å². The number of nitrogens with one attached hydrogen (secondary N) is 3. The van der Waals surface area contributed by atoms with Gasteiger partial charge in [0.15, 0.2) is 6.61 Å². The topological polar surface area (TPSA) is 101 Å². The van der Waals surface area contributed by atoms with Crippen LogP contribution < -0.4 is 20.8 Å². The van der Waals surface area contributed by atoms with Crippen molar-refractivity contribution in [3.63, 3.8) is 0 Å². The van der Waals surface area contributed by atoms with Gasteiger partial charge in [-0.3, -0.25) is 4.79 Å². The Labute approximate surface area is 169 Å². The minimum Gasteiger partial charge on any atom is -0.484 e. The molecule has 0 radical (unpaired) electrons. The second-order valence-electron chi connectivity index (χ2n) is 6.49. The predicted molar refractivity (Wildman–Crippen MR) is 110 cm³/mol. The first-order valence-corrected chi connectivity index (χ1v) is 9.45. The summed E-state index contributed by atoms with van der Waals surface area (Å²) in [5.41, 5.74) is 3.86. The Bertz CT molecular complexity index is 818. The lowest BCUT2D eigenvalue weighted by molar-refractivity contribution is -0.123. The van der Waals surface area contributed by atoms with Crippen LogP contribution in [0.15, 0.2) is 59.7 Å². The molecule has 0 aromatic heterocycles. The summed E-state index contributed by atoms with van der Waals surface area (Å²) in [4.78, 5) is 23.6. The average molecular weight is 396 g/mol. The van der Waals surface area contributed by atoms with Crippen molar-refractivity contribution in [2.75, 3.05) is 25.1 Å². The molecule has 8 nitrogen and oxygen atoms in total. The number of carbonyl (C=O) groups is 2. The smallest absolute Gasteiger partial charge is 0.339 e. The number of para-hydroxylation sites is 1. The Balaban J connectivity index is 1.36. The fourth-order valence-corrected chi connectivity index (χ4v) is 2.73. The van der Waals surface area contributed by atoms with E-state index in [2.05, 4.69) is 21.2 Å². The largest absolute Gasteiger partial charge is 0.484 e. The van der Waals surface area contributed by atoms with E-state index in [1.54, 1.807) is 36.4 Å². The van der Waals surface area contributed by atoms with Crippen molar-refractivity contribution in [1.82, 2.24) is 10.7 Å². The number of amides is 3. The summed E-state index contributed by atoms with van der Waals surface area (Å²) < 4.78 is 10.9. The number of carbonyl (C=O) groups excluding carboxylic acids is 2. The van der Waals surface area contributed by atoms with E-state index >= 15 is 0 Å². The molecular formula is C21H24N4O4. The van der Waals surface area contributed by atoms with Crippen LogP contribution in [0.25, 0.3) is 0 Å². The summed E-state index contributed by atoms with van der Waals surface area (Å²) in [6, 6.07) is 15.7. The molecule has 8 heteroatoms. The summed E-state index contributed by atoms with van der Waals surface area (Å²) in [5.74, 6) is 0.393. The lowest BCUT2D eigenvalue weighted by Crippen LogP contribution is -2.35. The van der Waals surface area contributed by atoms with Gasteiger partial charge in [0.2, 0.25) is 0 Å².